The fraction of sp³-hybridized carbons (Fsp3) is 0.960. The second-order valence-corrected chi connectivity index (χ2v) is 11.7. The minimum absolute atomic E-state index is 0.454. The van der Waals surface area contributed by atoms with E-state index in [0.29, 0.717) is 22.6 Å². The molecule has 2 unspecified atom stereocenters. The Bertz CT molecular complexity index is 561. The summed E-state index contributed by atoms with van der Waals surface area (Å²) < 4.78 is 0. The van der Waals surface area contributed by atoms with Crippen molar-refractivity contribution in [2.45, 2.75) is 97.7 Å². The standard InChI is InChI=1S/C25H41BO/c1-16(6-5-13-27)20-7-8-21-23-17(2)14-18-15-19(26)9-11-24(18,3)22(23)10-12-25(20,21)4/h13,16-23H,5-12,14-15H2,1-4H3/t16-,17?,18-,19-,20?,21+,22+,23+,24+,25-/m1/s1. The SMILES string of the molecule is [B][C@@H]1CC[C@@]2(C)[C@H](CC(C)[C@@H]3[C@@H]2CC[C@]2(C)C([C@H](C)CCC=O)CC[C@@H]32)C1. The monoisotopic (exact) mass is 368 g/mol. The quantitative estimate of drug-likeness (QED) is 0.411. The fourth-order valence-corrected chi connectivity index (χ4v) is 9.18. The van der Waals surface area contributed by atoms with Crippen molar-refractivity contribution in [3.8, 4) is 0 Å². The van der Waals surface area contributed by atoms with Gasteiger partial charge in [0.25, 0.3) is 0 Å². The smallest absolute Gasteiger partial charge is 0.120 e. The van der Waals surface area contributed by atoms with Crippen LogP contribution in [0.2, 0.25) is 5.82 Å². The summed E-state index contributed by atoms with van der Waals surface area (Å²) in [5.74, 6) is 6.51. The van der Waals surface area contributed by atoms with E-state index in [1.54, 1.807) is 0 Å². The third kappa shape index (κ3) is 3.07. The second-order valence-electron chi connectivity index (χ2n) is 11.7. The molecule has 4 saturated carbocycles. The molecule has 27 heavy (non-hydrogen) atoms. The fourth-order valence-electron chi connectivity index (χ4n) is 9.18. The van der Waals surface area contributed by atoms with Crippen LogP contribution < -0.4 is 0 Å². The Labute approximate surface area is 169 Å². The lowest BCUT2D eigenvalue weighted by molar-refractivity contribution is -0.137. The van der Waals surface area contributed by atoms with Gasteiger partial charge in [-0.3, -0.25) is 0 Å². The van der Waals surface area contributed by atoms with Gasteiger partial charge in [-0.2, -0.15) is 0 Å². The van der Waals surface area contributed by atoms with E-state index >= 15 is 0 Å². The average molecular weight is 368 g/mol. The minimum atomic E-state index is 0.454. The third-order valence-electron chi connectivity index (χ3n) is 10.6. The van der Waals surface area contributed by atoms with Crippen LogP contribution in [0.25, 0.3) is 0 Å². The van der Waals surface area contributed by atoms with Crippen LogP contribution in [0.1, 0.15) is 91.9 Å². The highest BCUT2D eigenvalue weighted by Gasteiger charge is 2.61. The van der Waals surface area contributed by atoms with Gasteiger partial charge in [0, 0.05) is 6.42 Å². The van der Waals surface area contributed by atoms with E-state index in [9.17, 15) is 4.79 Å². The lowest BCUT2D eigenvalue weighted by atomic mass is 9.41. The van der Waals surface area contributed by atoms with E-state index in [1.807, 2.05) is 0 Å². The number of hydrogen-bond acceptors (Lipinski definition) is 1. The molecule has 1 nitrogen and oxygen atoms in total. The molecule has 0 N–H and O–H groups in total. The van der Waals surface area contributed by atoms with Gasteiger partial charge in [-0.25, -0.2) is 0 Å². The molecule has 0 aliphatic heterocycles. The van der Waals surface area contributed by atoms with Gasteiger partial charge in [0.05, 0.1) is 7.85 Å². The lowest BCUT2D eigenvalue weighted by Crippen LogP contribution is -2.56. The number of rotatable bonds is 4. The van der Waals surface area contributed by atoms with Crippen LogP contribution in [-0.4, -0.2) is 14.1 Å². The maximum atomic E-state index is 10.9. The van der Waals surface area contributed by atoms with E-state index in [1.165, 1.54) is 51.4 Å². The normalized spacial score (nSPS) is 53.1. The van der Waals surface area contributed by atoms with E-state index in [-0.39, 0.29) is 0 Å². The van der Waals surface area contributed by atoms with Gasteiger partial charge in [0.1, 0.15) is 6.29 Å². The summed E-state index contributed by atoms with van der Waals surface area (Å²) in [4.78, 5) is 10.9. The Hall–Kier alpha value is -0.265. The Morgan fingerprint density at radius 1 is 1.04 bits per heavy atom. The Morgan fingerprint density at radius 3 is 2.48 bits per heavy atom. The first-order valence-corrected chi connectivity index (χ1v) is 12.0. The van der Waals surface area contributed by atoms with Gasteiger partial charge in [-0.15, -0.1) is 0 Å². The first-order valence-electron chi connectivity index (χ1n) is 12.0. The van der Waals surface area contributed by atoms with Crippen LogP contribution in [0, 0.1) is 52.3 Å². The van der Waals surface area contributed by atoms with Crippen molar-refractivity contribution < 1.29 is 4.79 Å². The van der Waals surface area contributed by atoms with Crippen molar-refractivity contribution in [3.05, 3.63) is 0 Å². The highest BCUT2D eigenvalue weighted by Crippen LogP contribution is 2.69. The van der Waals surface area contributed by atoms with Crippen LogP contribution in [0.3, 0.4) is 0 Å². The summed E-state index contributed by atoms with van der Waals surface area (Å²) in [6.45, 7) is 10.3. The lowest BCUT2D eigenvalue weighted by Gasteiger charge is -2.63. The number of aldehydes is 1. The Kier molecular flexibility index (Phi) is 5.35. The highest BCUT2D eigenvalue weighted by atomic mass is 16.1. The molecule has 0 amide bonds. The molecule has 4 rings (SSSR count). The zero-order valence-corrected chi connectivity index (χ0v) is 18.3. The van der Waals surface area contributed by atoms with Crippen molar-refractivity contribution in [1.29, 1.82) is 0 Å². The molecule has 0 aromatic rings. The van der Waals surface area contributed by atoms with Crippen LogP contribution in [0.4, 0.5) is 0 Å². The number of fused-ring (bicyclic) bond motifs is 5. The molecule has 0 saturated heterocycles. The van der Waals surface area contributed by atoms with Gasteiger partial charge >= 0.3 is 0 Å². The van der Waals surface area contributed by atoms with Gasteiger partial charge in [0.15, 0.2) is 0 Å². The van der Waals surface area contributed by atoms with Crippen molar-refractivity contribution in [3.63, 3.8) is 0 Å². The molecule has 0 heterocycles. The zero-order valence-electron chi connectivity index (χ0n) is 18.3. The molecule has 0 aromatic heterocycles. The molecule has 0 bridgehead atoms. The summed E-state index contributed by atoms with van der Waals surface area (Å²) in [5, 5.41) is 0. The molecule has 2 heteroatoms. The molecule has 10 atom stereocenters. The maximum absolute atomic E-state index is 10.9. The van der Waals surface area contributed by atoms with E-state index in [4.69, 9.17) is 7.85 Å². The summed E-state index contributed by atoms with van der Waals surface area (Å²) in [7, 11) is 6.39. The van der Waals surface area contributed by atoms with Crippen LogP contribution >= 0.6 is 0 Å². The first kappa shape index (κ1) is 20.0. The van der Waals surface area contributed by atoms with E-state index < -0.39 is 0 Å². The summed E-state index contributed by atoms with van der Waals surface area (Å²) in [6.07, 6.45) is 14.0. The highest BCUT2D eigenvalue weighted by molar-refractivity contribution is 6.11. The maximum Gasteiger partial charge on any atom is 0.120 e. The predicted molar refractivity (Wildman–Crippen MR) is 114 cm³/mol. The second kappa shape index (κ2) is 7.21. The third-order valence-corrected chi connectivity index (χ3v) is 10.6. The summed E-state index contributed by atoms with van der Waals surface area (Å²) >= 11 is 0. The molecule has 4 aliphatic rings. The van der Waals surface area contributed by atoms with Crippen LogP contribution in [0.5, 0.6) is 0 Å². The number of carbonyl (C=O) groups is 1. The topological polar surface area (TPSA) is 17.1 Å². The van der Waals surface area contributed by atoms with Crippen molar-refractivity contribution in [2.24, 2.45) is 52.3 Å². The molecule has 4 aliphatic carbocycles. The van der Waals surface area contributed by atoms with Crippen molar-refractivity contribution >= 4 is 14.1 Å². The van der Waals surface area contributed by atoms with Crippen molar-refractivity contribution in [2.75, 3.05) is 0 Å². The van der Waals surface area contributed by atoms with Crippen LogP contribution in [0.15, 0.2) is 0 Å². The average Bonchev–Trinajstić information content (AvgIpc) is 2.98. The Morgan fingerprint density at radius 2 is 1.74 bits per heavy atom. The largest absolute Gasteiger partial charge is 0.303 e. The number of carbonyl (C=O) groups excluding carboxylic acids is 1. The molecule has 0 aromatic carbocycles. The minimum Gasteiger partial charge on any atom is -0.303 e. The van der Waals surface area contributed by atoms with Gasteiger partial charge in [-0.1, -0.05) is 46.4 Å². The Balaban J connectivity index is 1.58. The van der Waals surface area contributed by atoms with Crippen molar-refractivity contribution in [1.82, 2.24) is 0 Å². The molecule has 2 radical (unpaired) electrons. The molecular weight excluding hydrogens is 327 g/mol. The van der Waals surface area contributed by atoms with Crippen LogP contribution in [-0.2, 0) is 4.79 Å². The number of hydrogen-bond donors (Lipinski definition) is 0. The van der Waals surface area contributed by atoms with Gasteiger partial charge in [0.2, 0.25) is 0 Å². The predicted octanol–water partition coefficient (Wildman–Crippen LogP) is 6.46. The molecule has 4 fully saturated rings. The summed E-state index contributed by atoms with van der Waals surface area (Å²) in [5.41, 5.74) is 1.07. The first-order chi connectivity index (χ1) is 12.8. The van der Waals surface area contributed by atoms with E-state index in [0.717, 1.165) is 54.6 Å². The van der Waals surface area contributed by atoms with Gasteiger partial charge in [-0.05, 0) is 97.2 Å². The van der Waals surface area contributed by atoms with E-state index in [2.05, 4.69) is 27.7 Å². The summed E-state index contributed by atoms with van der Waals surface area (Å²) in [6, 6.07) is 0. The molecular formula is C25H41BO. The van der Waals surface area contributed by atoms with Gasteiger partial charge < -0.3 is 4.79 Å². The molecule has 150 valence electrons. The zero-order chi connectivity index (χ0) is 19.4. The molecule has 0 spiro atoms.